The summed E-state index contributed by atoms with van der Waals surface area (Å²) in [7, 11) is 0. The minimum Gasteiger partial charge on any atom is -0.370 e. The molecule has 2 fully saturated rings. The van der Waals surface area contributed by atoms with E-state index in [4.69, 9.17) is 4.74 Å². The summed E-state index contributed by atoms with van der Waals surface area (Å²) in [6, 6.07) is 8.13. The molecule has 2 atom stereocenters. The number of amides is 1. The lowest BCUT2D eigenvalue weighted by molar-refractivity contribution is -0.145. The molecule has 2 aliphatic rings. The fourth-order valence-corrected chi connectivity index (χ4v) is 3.33. The Hall–Kier alpha value is -0.910. The van der Waals surface area contributed by atoms with E-state index in [1.54, 1.807) is 0 Å². The van der Waals surface area contributed by atoms with Crippen molar-refractivity contribution in [2.45, 2.75) is 13.0 Å². The van der Waals surface area contributed by atoms with Crippen molar-refractivity contribution in [1.82, 2.24) is 10.2 Å². The SMILES string of the molecule is CC(C(=O)N1CCOC(c2cccc(Br)c2)C1)C1CNC1. The molecule has 0 spiro atoms. The van der Waals surface area contributed by atoms with Crippen LogP contribution in [0.25, 0.3) is 0 Å². The van der Waals surface area contributed by atoms with E-state index >= 15 is 0 Å². The van der Waals surface area contributed by atoms with Gasteiger partial charge in [-0.1, -0.05) is 35.0 Å². The van der Waals surface area contributed by atoms with Crippen LogP contribution in [0.3, 0.4) is 0 Å². The van der Waals surface area contributed by atoms with Crippen LogP contribution in [0.5, 0.6) is 0 Å². The predicted octanol–water partition coefficient (Wildman–Crippen LogP) is 2.20. The summed E-state index contributed by atoms with van der Waals surface area (Å²) in [6.07, 6.45) is -0.0214. The Morgan fingerprint density at radius 3 is 2.95 bits per heavy atom. The largest absolute Gasteiger partial charge is 0.370 e. The third-order valence-electron chi connectivity index (χ3n) is 4.51. The van der Waals surface area contributed by atoms with Crippen LogP contribution < -0.4 is 5.32 Å². The molecule has 0 radical (unpaired) electrons. The highest BCUT2D eigenvalue weighted by Crippen LogP contribution is 2.27. The van der Waals surface area contributed by atoms with Gasteiger partial charge < -0.3 is 15.0 Å². The van der Waals surface area contributed by atoms with Gasteiger partial charge in [-0.25, -0.2) is 0 Å². The van der Waals surface area contributed by atoms with Gasteiger partial charge >= 0.3 is 0 Å². The number of ether oxygens (including phenoxy) is 1. The first-order valence-electron chi connectivity index (χ1n) is 7.51. The highest BCUT2D eigenvalue weighted by atomic mass is 79.9. The average molecular weight is 353 g/mol. The molecule has 21 heavy (non-hydrogen) atoms. The molecule has 1 amide bonds. The van der Waals surface area contributed by atoms with E-state index in [0.717, 1.165) is 23.1 Å². The minimum atomic E-state index is -0.0214. The van der Waals surface area contributed by atoms with Gasteiger partial charge in [0, 0.05) is 16.9 Å². The molecule has 2 aliphatic heterocycles. The Kier molecular flexibility index (Phi) is 4.62. The summed E-state index contributed by atoms with van der Waals surface area (Å²) in [5.41, 5.74) is 1.12. The van der Waals surface area contributed by atoms with Gasteiger partial charge in [-0.2, -0.15) is 0 Å². The number of halogens is 1. The van der Waals surface area contributed by atoms with E-state index in [-0.39, 0.29) is 17.9 Å². The zero-order chi connectivity index (χ0) is 14.8. The maximum atomic E-state index is 12.6. The van der Waals surface area contributed by atoms with Gasteiger partial charge in [0.05, 0.1) is 13.2 Å². The third kappa shape index (κ3) is 3.30. The van der Waals surface area contributed by atoms with Crippen molar-refractivity contribution in [2.24, 2.45) is 11.8 Å². The topological polar surface area (TPSA) is 41.6 Å². The molecule has 0 saturated carbocycles. The third-order valence-corrected chi connectivity index (χ3v) is 5.00. The summed E-state index contributed by atoms with van der Waals surface area (Å²) in [5.74, 6) is 0.863. The van der Waals surface area contributed by atoms with Crippen molar-refractivity contribution in [1.29, 1.82) is 0 Å². The van der Waals surface area contributed by atoms with Crippen molar-refractivity contribution < 1.29 is 9.53 Å². The second-order valence-electron chi connectivity index (χ2n) is 5.91. The standard InChI is InChI=1S/C16H21BrN2O2/c1-11(13-8-18-9-13)16(20)19-5-6-21-15(10-19)12-3-2-4-14(17)7-12/h2-4,7,11,13,15,18H,5-6,8-10H2,1H3. The zero-order valence-electron chi connectivity index (χ0n) is 12.2. The van der Waals surface area contributed by atoms with Crippen LogP contribution >= 0.6 is 15.9 Å². The lowest BCUT2D eigenvalue weighted by Gasteiger charge is -2.38. The first-order chi connectivity index (χ1) is 10.1. The molecule has 1 N–H and O–H groups in total. The van der Waals surface area contributed by atoms with E-state index in [2.05, 4.69) is 40.3 Å². The molecule has 0 aliphatic carbocycles. The molecule has 3 rings (SSSR count). The Morgan fingerprint density at radius 1 is 1.48 bits per heavy atom. The van der Waals surface area contributed by atoms with Gasteiger partial charge in [-0.05, 0) is 36.7 Å². The minimum absolute atomic E-state index is 0.0214. The Bertz CT molecular complexity index is 519. The monoisotopic (exact) mass is 352 g/mol. The van der Waals surface area contributed by atoms with Crippen LogP contribution in [0.1, 0.15) is 18.6 Å². The number of nitrogens with one attached hydrogen (secondary N) is 1. The number of hydrogen-bond donors (Lipinski definition) is 1. The first kappa shape index (κ1) is 15.0. The summed E-state index contributed by atoms with van der Waals surface area (Å²) in [6.45, 7) is 5.95. The molecule has 2 heterocycles. The summed E-state index contributed by atoms with van der Waals surface area (Å²) < 4.78 is 6.90. The number of rotatable bonds is 3. The van der Waals surface area contributed by atoms with E-state index in [0.29, 0.717) is 25.6 Å². The maximum Gasteiger partial charge on any atom is 0.225 e. The summed E-state index contributed by atoms with van der Waals surface area (Å²) in [4.78, 5) is 14.6. The fraction of sp³-hybridized carbons (Fsp3) is 0.562. The highest BCUT2D eigenvalue weighted by Gasteiger charge is 2.34. The van der Waals surface area contributed by atoms with Gasteiger partial charge in [-0.15, -0.1) is 0 Å². The van der Waals surface area contributed by atoms with Gasteiger partial charge in [0.1, 0.15) is 6.10 Å². The van der Waals surface area contributed by atoms with Crippen molar-refractivity contribution in [3.8, 4) is 0 Å². The zero-order valence-corrected chi connectivity index (χ0v) is 13.8. The van der Waals surface area contributed by atoms with Gasteiger partial charge in [0.25, 0.3) is 0 Å². The van der Waals surface area contributed by atoms with Gasteiger partial charge in [-0.3, -0.25) is 4.79 Å². The molecule has 1 aromatic carbocycles. The van der Waals surface area contributed by atoms with Crippen molar-refractivity contribution in [3.63, 3.8) is 0 Å². The second-order valence-corrected chi connectivity index (χ2v) is 6.82. The van der Waals surface area contributed by atoms with E-state index < -0.39 is 0 Å². The Labute approximate surface area is 134 Å². The quantitative estimate of drug-likeness (QED) is 0.906. The van der Waals surface area contributed by atoms with Crippen molar-refractivity contribution in [2.75, 3.05) is 32.8 Å². The van der Waals surface area contributed by atoms with Crippen LogP contribution in [0.4, 0.5) is 0 Å². The van der Waals surface area contributed by atoms with Crippen molar-refractivity contribution >= 4 is 21.8 Å². The maximum absolute atomic E-state index is 12.6. The molecule has 1 aromatic rings. The Morgan fingerprint density at radius 2 is 2.29 bits per heavy atom. The fourth-order valence-electron chi connectivity index (χ4n) is 2.91. The molecular weight excluding hydrogens is 332 g/mol. The number of nitrogens with zero attached hydrogens (tertiary/aromatic N) is 1. The lowest BCUT2D eigenvalue weighted by Crippen LogP contribution is -2.52. The Balaban J connectivity index is 1.66. The molecule has 0 bridgehead atoms. The van der Waals surface area contributed by atoms with Crippen LogP contribution in [0, 0.1) is 11.8 Å². The van der Waals surface area contributed by atoms with E-state index in [1.807, 2.05) is 17.0 Å². The lowest BCUT2D eigenvalue weighted by atomic mass is 9.87. The number of carbonyl (C=O) groups excluding carboxylic acids is 1. The van der Waals surface area contributed by atoms with Crippen LogP contribution in [0.2, 0.25) is 0 Å². The molecule has 0 aromatic heterocycles. The molecular formula is C16H21BrN2O2. The van der Waals surface area contributed by atoms with Crippen LogP contribution in [-0.2, 0) is 9.53 Å². The van der Waals surface area contributed by atoms with Crippen molar-refractivity contribution in [3.05, 3.63) is 34.3 Å². The molecule has 114 valence electrons. The predicted molar refractivity (Wildman–Crippen MR) is 84.9 cm³/mol. The second kappa shape index (κ2) is 6.46. The molecule has 2 unspecified atom stereocenters. The normalized spacial score (nSPS) is 24.5. The summed E-state index contributed by atoms with van der Waals surface area (Å²) in [5, 5.41) is 3.24. The molecule has 2 saturated heterocycles. The molecule has 4 nitrogen and oxygen atoms in total. The molecule has 5 heteroatoms. The van der Waals surface area contributed by atoms with Crippen LogP contribution in [-0.4, -0.2) is 43.6 Å². The smallest absolute Gasteiger partial charge is 0.225 e. The van der Waals surface area contributed by atoms with E-state index in [9.17, 15) is 4.79 Å². The summed E-state index contributed by atoms with van der Waals surface area (Å²) >= 11 is 3.49. The first-order valence-corrected chi connectivity index (χ1v) is 8.31. The number of carbonyl (C=O) groups is 1. The average Bonchev–Trinajstić information content (AvgIpc) is 2.45. The van der Waals surface area contributed by atoms with Gasteiger partial charge in [0.2, 0.25) is 5.91 Å². The van der Waals surface area contributed by atoms with E-state index in [1.165, 1.54) is 0 Å². The highest BCUT2D eigenvalue weighted by molar-refractivity contribution is 9.10. The number of benzene rings is 1. The van der Waals surface area contributed by atoms with Crippen LogP contribution in [0.15, 0.2) is 28.7 Å². The number of hydrogen-bond acceptors (Lipinski definition) is 3. The number of morpholine rings is 1. The van der Waals surface area contributed by atoms with Gasteiger partial charge in [0.15, 0.2) is 0 Å².